The molecule has 0 bridgehead atoms. The van der Waals surface area contributed by atoms with Gasteiger partial charge in [0.15, 0.2) is 0 Å². The second-order valence-corrected chi connectivity index (χ2v) is 2.28. The highest BCUT2D eigenvalue weighted by Gasteiger charge is 2.83. The lowest BCUT2D eigenvalue weighted by Crippen LogP contribution is -2.60. The van der Waals surface area contributed by atoms with Gasteiger partial charge in [-0.2, -0.15) is 39.5 Å². The molecule has 0 aromatic carbocycles. The van der Waals surface area contributed by atoms with Gasteiger partial charge in [0.1, 0.15) is 0 Å². The highest BCUT2D eigenvalue weighted by molar-refractivity contribution is 5.01. The van der Waals surface area contributed by atoms with Gasteiger partial charge < -0.3 is 0 Å². The summed E-state index contributed by atoms with van der Waals surface area (Å²) in [4.78, 5) is 9.24. The first-order valence-corrected chi connectivity index (χ1v) is 2.86. The molecule has 0 spiro atoms. The first kappa shape index (κ1) is 14.0. The van der Waals surface area contributed by atoms with Crippen molar-refractivity contribution in [2.24, 2.45) is 5.18 Å². The second kappa shape index (κ2) is 3.23. The number of hydrogen-bond donors (Lipinski definition) is 0. The van der Waals surface area contributed by atoms with Crippen LogP contribution in [0, 0.1) is 4.91 Å². The quantitative estimate of drug-likeness (QED) is 0.419. The van der Waals surface area contributed by atoms with Crippen LogP contribution >= 0.6 is 0 Å². The summed E-state index contributed by atoms with van der Waals surface area (Å²) in [5.74, 6) is -13.5. The fraction of sp³-hybridized carbons (Fsp3) is 1.00. The third-order valence-corrected chi connectivity index (χ3v) is 1.27. The third kappa shape index (κ3) is 1.86. The summed E-state index contributed by atoms with van der Waals surface area (Å²) in [7, 11) is 0. The zero-order valence-electron chi connectivity index (χ0n) is 6.26. The van der Waals surface area contributed by atoms with Crippen molar-refractivity contribution in [1.82, 2.24) is 0 Å². The largest absolute Gasteiger partial charge is 0.459 e. The van der Waals surface area contributed by atoms with Crippen molar-refractivity contribution in [2.75, 3.05) is 0 Å². The van der Waals surface area contributed by atoms with Crippen LogP contribution in [-0.4, -0.2) is 24.1 Å². The van der Waals surface area contributed by atoms with Crippen LogP contribution in [0.1, 0.15) is 0 Å². The van der Waals surface area contributed by atoms with Gasteiger partial charge in [0.2, 0.25) is 0 Å². The van der Waals surface area contributed by atoms with Crippen LogP contribution in [-0.2, 0) is 0 Å². The molecule has 0 amide bonds. The Morgan fingerprint density at radius 2 is 1.00 bits per heavy atom. The monoisotopic (exact) mass is 249 g/mol. The third-order valence-electron chi connectivity index (χ3n) is 1.27. The van der Waals surface area contributed by atoms with E-state index < -0.39 is 24.1 Å². The van der Waals surface area contributed by atoms with Gasteiger partial charge in [-0.25, -0.2) is 0 Å². The van der Waals surface area contributed by atoms with Gasteiger partial charge in [-0.15, -0.1) is 4.91 Å². The van der Waals surface area contributed by atoms with Gasteiger partial charge in [0.05, 0.1) is 0 Å². The Morgan fingerprint density at radius 3 is 1.07 bits per heavy atom. The zero-order valence-corrected chi connectivity index (χ0v) is 6.26. The standard InChI is InChI=1S/C4F9NO/c5-1(6,3(8,9)10)2(7,14-15)4(11,12)13. The Balaban J connectivity index is 5.61. The first-order valence-electron chi connectivity index (χ1n) is 2.86. The molecule has 0 saturated heterocycles. The van der Waals surface area contributed by atoms with Crippen molar-refractivity contribution in [3.63, 3.8) is 0 Å². The average Bonchev–Trinajstić information content (AvgIpc) is 1.98. The normalized spacial score (nSPS) is 18.5. The minimum atomic E-state index is -6.94. The van der Waals surface area contributed by atoms with Crippen molar-refractivity contribution in [2.45, 2.75) is 24.1 Å². The Bertz CT molecular complexity index is 254. The lowest BCUT2D eigenvalue weighted by atomic mass is 10.1. The van der Waals surface area contributed by atoms with Crippen LogP contribution < -0.4 is 0 Å². The van der Waals surface area contributed by atoms with Crippen LogP contribution in [0.15, 0.2) is 5.18 Å². The number of rotatable bonds is 2. The topological polar surface area (TPSA) is 29.4 Å². The predicted octanol–water partition coefficient (Wildman–Crippen LogP) is 3.18. The number of nitrogens with zero attached hydrogens (tertiary/aromatic N) is 1. The number of halogens is 9. The molecule has 0 aliphatic heterocycles. The van der Waals surface area contributed by atoms with Crippen molar-refractivity contribution < 1.29 is 39.5 Å². The van der Waals surface area contributed by atoms with Gasteiger partial charge in [0, 0.05) is 0 Å². The van der Waals surface area contributed by atoms with E-state index in [0.717, 1.165) is 0 Å². The van der Waals surface area contributed by atoms with E-state index in [0.29, 0.717) is 0 Å². The maximum absolute atomic E-state index is 12.2. The molecule has 0 rings (SSSR count). The summed E-state index contributed by atoms with van der Waals surface area (Å²) in [6, 6.07) is 0. The van der Waals surface area contributed by atoms with Gasteiger partial charge in [0.25, 0.3) is 0 Å². The van der Waals surface area contributed by atoms with E-state index in [9.17, 15) is 44.4 Å². The van der Waals surface area contributed by atoms with E-state index >= 15 is 0 Å². The molecule has 0 radical (unpaired) electrons. The van der Waals surface area contributed by atoms with Crippen molar-refractivity contribution >= 4 is 0 Å². The molecule has 0 heterocycles. The summed E-state index contributed by atoms with van der Waals surface area (Å²) in [6.45, 7) is 0. The lowest BCUT2D eigenvalue weighted by molar-refractivity contribution is -0.381. The van der Waals surface area contributed by atoms with Crippen LogP contribution in [0.4, 0.5) is 39.5 Å². The van der Waals surface area contributed by atoms with Gasteiger partial charge in [-0.1, -0.05) is 0 Å². The minimum absolute atomic E-state index is 0.218. The molecular formula is C4F9NO. The fourth-order valence-corrected chi connectivity index (χ4v) is 0.475. The highest BCUT2D eigenvalue weighted by atomic mass is 19.4. The maximum atomic E-state index is 12.2. The van der Waals surface area contributed by atoms with Crippen LogP contribution in [0.2, 0.25) is 0 Å². The molecular weight excluding hydrogens is 249 g/mol. The van der Waals surface area contributed by atoms with E-state index in [1.165, 1.54) is 0 Å². The SMILES string of the molecule is O=NC(F)(C(F)(F)F)C(F)(F)C(F)(F)F. The van der Waals surface area contributed by atoms with E-state index in [1.54, 1.807) is 0 Å². The molecule has 90 valence electrons. The maximum Gasteiger partial charge on any atom is 0.459 e. The molecule has 11 heteroatoms. The van der Waals surface area contributed by atoms with Crippen LogP contribution in [0.3, 0.4) is 0 Å². The van der Waals surface area contributed by atoms with Crippen molar-refractivity contribution in [1.29, 1.82) is 0 Å². The summed E-state index contributed by atoms with van der Waals surface area (Å²) >= 11 is 0. The molecule has 2 nitrogen and oxygen atoms in total. The Hall–Kier alpha value is -1.03. The van der Waals surface area contributed by atoms with Crippen LogP contribution in [0.5, 0.6) is 0 Å². The molecule has 0 aliphatic rings. The van der Waals surface area contributed by atoms with E-state index in [4.69, 9.17) is 0 Å². The number of hydrogen-bond acceptors (Lipinski definition) is 2. The summed E-state index contributed by atoms with van der Waals surface area (Å²) in [6.07, 6.45) is -13.7. The van der Waals surface area contributed by atoms with Gasteiger partial charge in [-0.3, -0.25) is 0 Å². The Labute approximate surface area is 75.0 Å². The fourth-order valence-electron chi connectivity index (χ4n) is 0.475. The summed E-state index contributed by atoms with van der Waals surface area (Å²) in [5, 5.41) is 0.218. The predicted molar refractivity (Wildman–Crippen MR) is 26.7 cm³/mol. The smallest absolute Gasteiger partial charge is 0.196 e. The van der Waals surface area contributed by atoms with E-state index in [2.05, 4.69) is 0 Å². The molecule has 1 unspecified atom stereocenters. The number of nitroso groups, excluding NO2 is 1. The van der Waals surface area contributed by atoms with Crippen LogP contribution in [0.25, 0.3) is 0 Å². The average molecular weight is 249 g/mol. The summed E-state index contributed by atoms with van der Waals surface area (Å²) < 4.78 is 105. The first-order chi connectivity index (χ1) is 6.31. The summed E-state index contributed by atoms with van der Waals surface area (Å²) in [5.41, 5.74) is 0. The molecule has 1 atom stereocenters. The van der Waals surface area contributed by atoms with E-state index in [-0.39, 0.29) is 5.18 Å². The molecule has 15 heavy (non-hydrogen) atoms. The minimum Gasteiger partial charge on any atom is -0.196 e. The Morgan fingerprint density at radius 1 is 0.667 bits per heavy atom. The molecule has 0 aromatic rings. The Kier molecular flexibility index (Phi) is 3.01. The van der Waals surface area contributed by atoms with Crippen molar-refractivity contribution in [3.8, 4) is 0 Å². The lowest BCUT2D eigenvalue weighted by Gasteiger charge is -2.29. The van der Waals surface area contributed by atoms with Crippen molar-refractivity contribution in [3.05, 3.63) is 4.91 Å². The molecule has 0 aromatic heterocycles. The second-order valence-electron chi connectivity index (χ2n) is 2.28. The van der Waals surface area contributed by atoms with E-state index in [1.807, 2.05) is 0 Å². The highest BCUT2D eigenvalue weighted by Crippen LogP contribution is 2.53. The molecule has 0 fully saturated rings. The van der Waals surface area contributed by atoms with Gasteiger partial charge in [-0.05, 0) is 5.18 Å². The number of alkyl halides is 9. The zero-order chi connectivity index (χ0) is 12.7. The van der Waals surface area contributed by atoms with Gasteiger partial charge >= 0.3 is 24.1 Å². The molecule has 0 aliphatic carbocycles. The molecule has 0 saturated carbocycles. The molecule has 0 N–H and O–H groups in total.